The molecule has 0 saturated carbocycles. The normalized spacial score (nSPS) is 15.5. The lowest BCUT2D eigenvalue weighted by Crippen LogP contribution is -2.65. The number of amides is 4. The Hall–Kier alpha value is -3.44. The molecule has 3 rings (SSSR count). The van der Waals surface area contributed by atoms with E-state index < -0.39 is 82.0 Å². The van der Waals surface area contributed by atoms with Crippen LogP contribution in [0.3, 0.4) is 0 Å². The number of alkyl halides is 4. The summed E-state index contributed by atoms with van der Waals surface area (Å²) in [7, 11) is 0. The Labute approximate surface area is 182 Å². The second kappa shape index (κ2) is 8.49. The zero-order valence-corrected chi connectivity index (χ0v) is 16.9. The molecular weight excluding hydrogens is 461 g/mol. The highest BCUT2D eigenvalue weighted by molar-refractivity contribution is 6.14. The van der Waals surface area contributed by atoms with Crippen LogP contribution in [0.5, 0.6) is 0 Å². The lowest BCUT2D eigenvalue weighted by Gasteiger charge is -2.39. The van der Waals surface area contributed by atoms with Crippen LogP contribution in [0.4, 0.5) is 35.5 Å². The molecule has 0 aliphatic carbocycles. The van der Waals surface area contributed by atoms with Crippen LogP contribution < -0.4 is 0 Å². The zero-order valence-electron chi connectivity index (χ0n) is 16.9. The highest BCUT2D eigenvalue weighted by Gasteiger charge is 2.57. The predicted octanol–water partition coefficient (Wildman–Crippen LogP) is 4.56. The van der Waals surface area contributed by atoms with Crippen LogP contribution in [0.15, 0.2) is 36.4 Å². The number of hydrogen-bond donors (Lipinski definition) is 0. The maximum atomic E-state index is 14.9. The van der Waals surface area contributed by atoms with E-state index in [1.165, 1.54) is 6.92 Å². The van der Waals surface area contributed by atoms with Crippen molar-refractivity contribution in [3.05, 3.63) is 70.5 Å². The Morgan fingerprint density at radius 2 is 1.09 bits per heavy atom. The summed E-state index contributed by atoms with van der Waals surface area (Å²) in [5.74, 6) is -6.80. The van der Waals surface area contributed by atoms with Crippen LogP contribution in [-0.4, -0.2) is 39.7 Å². The van der Waals surface area contributed by atoms with Gasteiger partial charge >= 0.3 is 18.1 Å². The highest BCUT2D eigenvalue weighted by atomic mass is 19.3. The Kier molecular flexibility index (Phi) is 6.22. The van der Waals surface area contributed by atoms with Crippen molar-refractivity contribution in [3.63, 3.8) is 0 Å². The first-order chi connectivity index (χ1) is 15.2. The van der Waals surface area contributed by atoms with E-state index in [1.54, 1.807) is 0 Å². The van der Waals surface area contributed by atoms with Crippen LogP contribution >= 0.6 is 0 Å². The van der Waals surface area contributed by atoms with Crippen molar-refractivity contribution in [2.45, 2.75) is 38.3 Å². The highest BCUT2D eigenvalue weighted by Crippen LogP contribution is 2.35. The molecule has 0 N–H and O–H groups in total. The van der Waals surface area contributed by atoms with Crippen molar-refractivity contribution in [1.82, 2.24) is 9.80 Å². The molecular formula is C21H15F7N2O3. The maximum absolute atomic E-state index is 14.9. The van der Waals surface area contributed by atoms with Gasteiger partial charge in [-0.05, 0) is 47.9 Å². The molecule has 0 atom stereocenters. The van der Waals surface area contributed by atoms with Gasteiger partial charge in [-0.3, -0.25) is 9.59 Å². The molecule has 2 aromatic rings. The van der Waals surface area contributed by atoms with E-state index in [-0.39, 0.29) is 11.1 Å². The standard InChI is InChI=1S/C21H15F7N2O3/c1-11-2-12(4-14(22)3-11)9-20(25,26)29-17(31)8-18(32)30(19(29)33)21(27,28)10-13-5-15(23)7-16(24)6-13/h2-7H,8-10H2,1H3. The Morgan fingerprint density at radius 1 is 0.697 bits per heavy atom. The third kappa shape index (κ3) is 5.15. The molecule has 0 unspecified atom stereocenters. The number of imide groups is 2. The van der Waals surface area contributed by atoms with Gasteiger partial charge in [0.15, 0.2) is 0 Å². The molecule has 1 fully saturated rings. The molecule has 0 spiro atoms. The van der Waals surface area contributed by atoms with Crippen LogP contribution in [0, 0.1) is 24.4 Å². The molecule has 1 aliphatic rings. The summed E-state index contributed by atoms with van der Waals surface area (Å²) >= 11 is 0. The van der Waals surface area contributed by atoms with Crippen molar-refractivity contribution in [1.29, 1.82) is 0 Å². The summed E-state index contributed by atoms with van der Waals surface area (Å²) in [4.78, 5) is 35.0. The monoisotopic (exact) mass is 476 g/mol. The molecule has 176 valence electrons. The zero-order chi connectivity index (χ0) is 24.7. The topological polar surface area (TPSA) is 57.7 Å². The molecule has 5 nitrogen and oxygen atoms in total. The first kappa shape index (κ1) is 24.2. The fraction of sp³-hybridized carbons (Fsp3) is 0.286. The summed E-state index contributed by atoms with van der Waals surface area (Å²) in [5, 5.41) is 0. The maximum Gasteiger partial charge on any atom is 0.342 e. The van der Waals surface area contributed by atoms with Gasteiger partial charge in [-0.25, -0.2) is 27.8 Å². The lowest BCUT2D eigenvalue weighted by atomic mass is 10.1. The van der Waals surface area contributed by atoms with Gasteiger partial charge in [0.05, 0.1) is 12.8 Å². The number of nitrogens with zero attached hydrogens (tertiary/aromatic N) is 2. The summed E-state index contributed by atoms with van der Waals surface area (Å²) in [6, 6.07) is -6.88. The smallest absolute Gasteiger partial charge is 0.274 e. The molecule has 4 amide bonds. The quantitative estimate of drug-likeness (QED) is 0.349. The number of benzene rings is 2. The number of halogens is 7. The van der Waals surface area contributed by atoms with E-state index in [1.807, 2.05) is 0 Å². The number of urea groups is 1. The molecule has 0 aromatic heterocycles. The second-order valence-corrected chi connectivity index (χ2v) is 7.52. The average molecular weight is 476 g/mol. The second-order valence-electron chi connectivity index (χ2n) is 7.52. The molecule has 1 heterocycles. The third-order valence-electron chi connectivity index (χ3n) is 4.70. The Bertz CT molecular complexity index is 1010. The molecule has 1 saturated heterocycles. The van der Waals surface area contributed by atoms with E-state index >= 15 is 0 Å². The largest absolute Gasteiger partial charge is 0.342 e. The number of hydrogen-bond acceptors (Lipinski definition) is 3. The van der Waals surface area contributed by atoms with Gasteiger partial charge in [0.25, 0.3) is 0 Å². The van der Waals surface area contributed by atoms with Gasteiger partial charge in [0.2, 0.25) is 11.8 Å². The summed E-state index contributed by atoms with van der Waals surface area (Å²) in [6.07, 6.45) is -4.46. The number of barbiturate groups is 1. The molecule has 0 bridgehead atoms. The molecule has 2 aromatic carbocycles. The number of carbonyl (C=O) groups is 3. The van der Waals surface area contributed by atoms with Gasteiger partial charge in [0.1, 0.15) is 23.9 Å². The first-order valence-electron chi connectivity index (χ1n) is 9.36. The van der Waals surface area contributed by atoms with Gasteiger partial charge in [-0.2, -0.15) is 17.6 Å². The van der Waals surface area contributed by atoms with Gasteiger partial charge in [0, 0.05) is 6.07 Å². The minimum Gasteiger partial charge on any atom is -0.274 e. The van der Waals surface area contributed by atoms with Crippen LogP contribution in [-0.2, 0) is 22.4 Å². The summed E-state index contributed by atoms with van der Waals surface area (Å²) < 4.78 is 99.5. The lowest BCUT2D eigenvalue weighted by molar-refractivity contribution is -0.189. The average Bonchev–Trinajstić information content (AvgIpc) is 2.57. The summed E-state index contributed by atoms with van der Waals surface area (Å²) in [6.45, 7) is 1.40. The Balaban J connectivity index is 1.92. The van der Waals surface area contributed by atoms with E-state index in [0.29, 0.717) is 18.2 Å². The van der Waals surface area contributed by atoms with Gasteiger partial charge < -0.3 is 0 Å². The Morgan fingerprint density at radius 3 is 1.52 bits per heavy atom. The molecule has 12 heteroatoms. The van der Waals surface area contributed by atoms with Crippen molar-refractivity contribution < 1.29 is 45.1 Å². The molecule has 1 aliphatic heterocycles. The van der Waals surface area contributed by atoms with Crippen LogP contribution in [0.1, 0.15) is 23.1 Å². The fourth-order valence-corrected chi connectivity index (χ4v) is 3.52. The van der Waals surface area contributed by atoms with E-state index in [4.69, 9.17) is 0 Å². The number of aryl methyl sites for hydroxylation is 1. The predicted molar refractivity (Wildman–Crippen MR) is 98.5 cm³/mol. The van der Waals surface area contributed by atoms with E-state index in [2.05, 4.69) is 0 Å². The van der Waals surface area contributed by atoms with Crippen molar-refractivity contribution in [3.8, 4) is 0 Å². The fourth-order valence-electron chi connectivity index (χ4n) is 3.52. The SMILES string of the molecule is Cc1cc(F)cc(CC(F)(F)N2C(=O)CC(=O)N(C(F)(F)Cc3cc(F)cc(F)c3)C2=O)c1. The minimum atomic E-state index is -4.50. The minimum absolute atomic E-state index is 0.253. The first-order valence-corrected chi connectivity index (χ1v) is 9.36. The van der Waals surface area contributed by atoms with Crippen LogP contribution in [0.25, 0.3) is 0 Å². The van der Waals surface area contributed by atoms with E-state index in [9.17, 15) is 45.1 Å². The third-order valence-corrected chi connectivity index (χ3v) is 4.70. The molecule has 33 heavy (non-hydrogen) atoms. The van der Waals surface area contributed by atoms with Gasteiger partial charge in [-0.15, -0.1) is 0 Å². The van der Waals surface area contributed by atoms with E-state index in [0.717, 1.165) is 18.2 Å². The van der Waals surface area contributed by atoms with Crippen molar-refractivity contribution >= 4 is 17.8 Å². The van der Waals surface area contributed by atoms with Crippen molar-refractivity contribution in [2.75, 3.05) is 0 Å². The van der Waals surface area contributed by atoms with Crippen LogP contribution in [0.2, 0.25) is 0 Å². The van der Waals surface area contributed by atoms with Crippen molar-refractivity contribution in [2.24, 2.45) is 0 Å². The number of rotatable bonds is 6. The molecule has 0 radical (unpaired) electrons. The number of carbonyl (C=O) groups excluding carboxylic acids is 3. The summed E-state index contributed by atoms with van der Waals surface area (Å²) in [5.41, 5.74) is -0.741. The van der Waals surface area contributed by atoms with Gasteiger partial charge in [-0.1, -0.05) is 6.07 Å².